The second-order valence-electron chi connectivity index (χ2n) is 5.75. The van der Waals surface area contributed by atoms with E-state index in [0.29, 0.717) is 0 Å². The minimum Gasteiger partial charge on any atom is -0.482 e. The number of nitro groups is 1. The normalized spacial score (nSPS) is 10.6. The van der Waals surface area contributed by atoms with Gasteiger partial charge in [-0.3, -0.25) is 14.9 Å². The average Bonchev–Trinajstić information content (AvgIpc) is 3.07. The van der Waals surface area contributed by atoms with Gasteiger partial charge in [-0.15, -0.1) is 10.2 Å². The molecule has 0 spiro atoms. The Hall–Kier alpha value is -3.74. The van der Waals surface area contributed by atoms with Crippen molar-refractivity contribution in [3.05, 3.63) is 70.0 Å². The van der Waals surface area contributed by atoms with Crippen molar-refractivity contribution >= 4 is 29.0 Å². The molecule has 3 aromatic rings. The van der Waals surface area contributed by atoms with Crippen molar-refractivity contribution in [3.63, 3.8) is 0 Å². The number of nitrogens with one attached hydrogen (secondary N) is 1. The van der Waals surface area contributed by atoms with Gasteiger partial charge in [0.05, 0.1) is 16.4 Å². The van der Waals surface area contributed by atoms with E-state index in [1.807, 2.05) is 0 Å². The number of benzene rings is 2. The summed E-state index contributed by atoms with van der Waals surface area (Å²) in [6.07, 6.45) is 0. The van der Waals surface area contributed by atoms with Crippen LogP contribution < -0.4 is 15.9 Å². The highest BCUT2D eigenvalue weighted by Crippen LogP contribution is 2.22. The minimum atomic E-state index is -0.812. The maximum absolute atomic E-state index is 13.7. The van der Waals surface area contributed by atoms with Gasteiger partial charge in [-0.2, -0.15) is 0 Å². The van der Waals surface area contributed by atoms with Crippen LogP contribution in [0.5, 0.6) is 5.75 Å². The number of carbonyl (C=O) groups excluding carboxylic acids is 1. The number of thioether (sulfide) groups is 1. The molecule has 0 aliphatic carbocycles. The van der Waals surface area contributed by atoms with Gasteiger partial charge in [0, 0.05) is 12.1 Å². The summed E-state index contributed by atoms with van der Waals surface area (Å²) in [5.41, 5.74) is -0.677. The molecule has 2 aromatic carbocycles. The van der Waals surface area contributed by atoms with Crippen LogP contribution in [0.15, 0.2) is 47.6 Å². The van der Waals surface area contributed by atoms with Gasteiger partial charge in [-0.1, -0.05) is 23.9 Å². The number of aromatic nitrogens is 3. The Morgan fingerprint density at radius 3 is 2.73 bits per heavy atom. The summed E-state index contributed by atoms with van der Waals surface area (Å²) in [4.78, 5) is 22.1. The summed E-state index contributed by atoms with van der Waals surface area (Å²) < 4.78 is 33.7. The molecule has 0 bridgehead atoms. The molecule has 0 unspecified atom stereocenters. The van der Waals surface area contributed by atoms with Crippen LogP contribution in [0.4, 0.5) is 20.2 Å². The molecule has 0 saturated carbocycles. The van der Waals surface area contributed by atoms with Gasteiger partial charge in [0.1, 0.15) is 12.4 Å². The van der Waals surface area contributed by atoms with Crippen LogP contribution in [0.2, 0.25) is 0 Å². The van der Waals surface area contributed by atoms with Crippen molar-refractivity contribution in [2.24, 2.45) is 0 Å². The number of halogens is 2. The van der Waals surface area contributed by atoms with Gasteiger partial charge in [-0.25, -0.2) is 13.5 Å². The van der Waals surface area contributed by atoms with Crippen molar-refractivity contribution in [1.29, 1.82) is 0 Å². The Morgan fingerprint density at radius 1 is 1.23 bits per heavy atom. The first-order chi connectivity index (χ1) is 14.3. The summed E-state index contributed by atoms with van der Waals surface area (Å²) >= 11 is 0.903. The lowest BCUT2D eigenvalue weighted by Gasteiger charge is -2.07. The van der Waals surface area contributed by atoms with Crippen molar-refractivity contribution < 1.29 is 23.2 Å². The second-order valence-corrected chi connectivity index (χ2v) is 6.69. The van der Waals surface area contributed by atoms with Crippen LogP contribution in [-0.4, -0.2) is 31.5 Å². The molecule has 0 atom stereocenters. The van der Waals surface area contributed by atoms with Gasteiger partial charge in [0.15, 0.2) is 17.4 Å². The maximum atomic E-state index is 13.7. The number of nitrogens with two attached hydrogens (primary N) is 1. The molecule has 13 heteroatoms. The van der Waals surface area contributed by atoms with Crippen LogP contribution in [0.25, 0.3) is 0 Å². The molecule has 0 radical (unpaired) electrons. The monoisotopic (exact) mass is 436 g/mol. The summed E-state index contributed by atoms with van der Waals surface area (Å²) in [6.45, 7) is -0.157. The highest BCUT2D eigenvalue weighted by atomic mass is 32.2. The van der Waals surface area contributed by atoms with Crippen molar-refractivity contribution in [2.75, 3.05) is 16.9 Å². The third kappa shape index (κ3) is 5.00. The lowest BCUT2D eigenvalue weighted by Crippen LogP contribution is -2.18. The summed E-state index contributed by atoms with van der Waals surface area (Å²) in [5.74, 6) is 3.86. The van der Waals surface area contributed by atoms with Gasteiger partial charge in [-0.05, 0) is 18.2 Å². The van der Waals surface area contributed by atoms with E-state index in [1.165, 1.54) is 18.2 Å². The fourth-order valence-corrected chi connectivity index (χ4v) is 2.92. The van der Waals surface area contributed by atoms with Crippen LogP contribution in [-0.2, 0) is 11.4 Å². The molecule has 0 saturated heterocycles. The van der Waals surface area contributed by atoms with Crippen molar-refractivity contribution in [3.8, 4) is 5.75 Å². The van der Waals surface area contributed by atoms with E-state index in [9.17, 15) is 23.7 Å². The zero-order valence-electron chi connectivity index (χ0n) is 15.1. The number of nitrogens with zero attached hydrogens (tertiary/aromatic N) is 4. The van der Waals surface area contributed by atoms with Gasteiger partial charge < -0.3 is 15.9 Å². The van der Waals surface area contributed by atoms with Gasteiger partial charge >= 0.3 is 0 Å². The standard InChI is InChI=1S/C17H14F2N6O4S/c18-11-6-5-10(25(27)28)7-13(11)21-16(26)9-30-17-23-22-15(24(17)20)8-29-14-4-2-1-3-12(14)19/h1-7H,8-9,20H2,(H,21,26). The van der Waals surface area contributed by atoms with Crippen molar-refractivity contribution in [2.45, 2.75) is 11.8 Å². The second kappa shape index (κ2) is 9.17. The molecule has 10 nitrogen and oxygen atoms in total. The van der Waals surface area contributed by atoms with Gasteiger partial charge in [0.2, 0.25) is 11.1 Å². The van der Waals surface area contributed by atoms with Crippen LogP contribution in [0.3, 0.4) is 0 Å². The lowest BCUT2D eigenvalue weighted by atomic mass is 10.2. The fourth-order valence-electron chi connectivity index (χ4n) is 2.25. The van der Waals surface area contributed by atoms with Crippen LogP contribution >= 0.6 is 11.8 Å². The number of nitro benzene ring substituents is 1. The number of hydrogen-bond donors (Lipinski definition) is 2. The third-order valence-corrected chi connectivity index (χ3v) is 4.64. The molecule has 3 rings (SSSR count). The number of hydrogen-bond acceptors (Lipinski definition) is 8. The maximum Gasteiger partial charge on any atom is 0.271 e. The highest BCUT2D eigenvalue weighted by Gasteiger charge is 2.16. The first-order valence-electron chi connectivity index (χ1n) is 8.28. The van der Waals surface area contributed by atoms with E-state index in [4.69, 9.17) is 10.6 Å². The number of anilines is 1. The number of rotatable bonds is 8. The van der Waals surface area contributed by atoms with E-state index in [-0.39, 0.29) is 40.5 Å². The minimum absolute atomic E-state index is 0.0214. The molecule has 0 fully saturated rings. The molecule has 0 aliphatic heterocycles. The van der Waals surface area contributed by atoms with Crippen molar-refractivity contribution in [1.82, 2.24) is 14.9 Å². The first kappa shape index (κ1) is 21.0. The number of para-hydroxylation sites is 1. The molecule has 30 heavy (non-hydrogen) atoms. The molecule has 1 heterocycles. The van der Waals surface area contributed by atoms with E-state index in [2.05, 4.69) is 15.5 Å². The largest absolute Gasteiger partial charge is 0.482 e. The molecule has 3 N–H and O–H groups in total. The fraction of sp³-hybridized carbons (Fsp3) is 0.118. The highest BCUT2D eigenvalue weighted by molar-refractivity contribution is 7.99. The van der Waals surface area contributed by atoms with Crippen LogP contribution in [0.1, 0.15) is 5.82 Å². The van der Waals surface area contributed by atoms with Crippen LogP contribution in [0, 0.1) is 21.7 Å². The predicted molar refractivity (Wildman–Crippen MR) is 103 cm³/mol. The molecule has 156 valence electrons. The quantitative estimate of drug-likeness (QED) is 0.238. The summed E-state index contributed by atoms with van der Waals surface area (Å²) in [7, 11) is 0. The summed E-state index contributed by atoms with van der Waals surface area (Å²) in [5, 5.41) is 20.8. The lowest BCUT2D eigenvalue weighted by molar-refractivity contribution is -0.384. The topological polar surface area (TPSA) is 138 Å². The third-order valence-electron chi connectivity index (χ3n) is 3.70. The number of ether oxygens (including phenoxy) is 1. The number of amides is 1. The Balaban J connectivity index is 1.57. The summed E-state index contributed by atoms with van der Waals surface area (Å²) in [6, 6.07) is 8.61. The van der Waals surface area contributed by atoms with E-state index < -0.39 is 22.5 Å². The number of carbonyl (C=O) groups is 1. The zero-order valence-corrected chi connectivity index (χ0v) is 15.9. The molecule has 1 amide bonds. The average molecular weight is 436 g/mol. The molecule has 0 aliphatic rings. The number of non-ortho nitro benzene ring substituents is 1. The van der Waals surface area contributed by atoms with Gasteiger partial charge in [0.25, 0.3) is 5.69 Å². The Bertz CT molecular complexity index is 1090. The predicted octanol–water partition coefficient (Wildman–Crippen LogP) is 2.49. The smallest absolute Gasteiger partial charge is 0.271 e. The molecular formula is C17H14F2N6O4S. The Kier molecular flexibility index (Phi) is 6.41. The first-order valence-corrected chi connectivity index (χ1v) is 9.27. The van der Waals surface area contributed by atoms with E-state index in [1.54, 1.807) is 6.07 Å². The zero-order chi connectivity index (χ0) is 21.7. The molecular weight excluding hydrogens is 422 g/mol. The van der Waals surface area contributed by atoms with E-state index >= 15 is 0 Å². The molecule has 1 aromatic heterocycles. The SMILES string of the molecule is Nn1c(COc2ccccc2F)nnc1SCC(=O)Nc1cc([N+](=O)[O-])ccc1F. The number of nitrogen functional groups attached to an aromatic ring is 1. The van der Waals surface area contributed by atoms with E-state index in [0.717, 1.165) is 34.6 Å². The Labute approximate surface area is 172 Å². The Morgan fingerprint density at radius 2 is 2.00 bits per heavy atom.